The quantitative estimate of drug-likeness (QED) is 0.807. The van der Waals surface area contributed by atoms with Gasteiger partial charge in [0.25, 0.3) is 5.91 Å². The molecule has 4 heteroatoms. The number of benzene rings is 1. The Bertz CT molecular complexity index is 407. The van der Waals surface area contributed by atoms with Gasteiger partial charge in [-0.25, -0.2) is 0 Å². The van der Waals surface area contributed by atoms with E-state index in [4.69, 9.17) is 5.11 Å². The molecule has 1 amide bonds. The van der Waals surface area contributed by atoms with E-state index in [0.717, 1.165) is 0 Å². The van der Waals surface area contributed by atoms with Crippen molar-refractivity contribution >= 4 is 11.9 Å². The minimum atomic E-state index is -0.883. The van der Waals surface area contributed by atoms with Gasteiger partial charge in [0.15, 0.2) is 0 Å². The third-order valence-corrected chi connectivity index (χ3v) is 1.95. The molecule has 16 heavy (non-hydrogen) atoms. The minimum Gasteiger partial charge on any atom is -0.481 e. The van der Waals surface area contributed by atoms with Crippen LogP contribution in [0, 0.1) is 0 Å². The van der Waals surface area contributed by atoms with Crippen LogP contribution in [0.5, 0.6) is 0 Å². The van der Waals surface area contributed by atoms with Crippen molar-refractivity contribution in [2.45, 2.75) is 13.3 Å². The van der Waals surface area contributed by atoms with Crippen LogP contribution in [-0.4, -0.2) is 17.0 Å². The van der Waals surface area contributed by atoms with Crippen LogP contribution in [0.1, 0.15) is 22.8 Å². The Morgan fingerprint density at radius 2 is 1.94 bits per heavy atom. The summed E-state index contributed by atoms with van der Waals surface area (Å²) in [5.41, 5.74) is 1.18. The van der Waals surface area contributed by atoms with Crippen LogP contribution in [0.4, 0.5) is 0 Å². The predicted octanol–water partition coefficient (Wildman–Crippen LogP) is 1.58. The molecule has 0 atom stereocenters. The summed E-state index contributed by atoms with van der Waals surface area (Å²) < 4.78 is 0. The molecule has 0 saturated carbocycles. The second kappa shape index (κ2) is 5.70. The number of allylic oxidation sites excluding steroid dienone is 1. The van der Waals surface area contributed by atoms with Crippen LogP contribution in [0.25, 0.3) is 0 Å². The van der Waals surface area contributed by atoms with Gasteiger partial charge in [-0.15, -0.1) is 0 Å². The zero-order valence-electron chi connectivity index (χ0n) is 8.93. The van der Waals surface area contributed by atoms with Gasteiger partial charge >= 0.3 is 5.97 Å². The summed E-state index contributed by atoms with van der Waals surface area (Å²) in [7, 11) is 0. The van der Waals surface area contributed by atoms with Gasteiger partial charge < -0.3 is 10.4 Å². The summed E-state index contributed by atoms with van der Waals surface area (Å²) in [6.45, 7) is 1.80. The monoisotopic (exact) mass is 219 g/mol. The second-order valence-electron chi connectivity index (χ2n) is 3.24. The molecule has 84 valence electrons. The fourth-order valence-electron chi connectivity index (χ4n) is 1.19. The van der Waals surface area contributed by atoms with Gasteiger partial charge in [-0.1, -0.05) is 18.2 Å². The number of carbonyl (C=O) groups excluding carboxylic acids is 1. The Morgan fingerprint density at radius 3 is 2.44 bits per heavy atom. The average molecular weight is 219 g/mol. The number of carboxylic acids is 1. The molecule has 1 aromatic carbocycles. The lowest BCUT2D eigenvalue weighted by Crippen LogP contribution is -2.16. The number of aliphatic carboxylic acids is 1. The maximum absolute atomic E-state index is 11.5. The third kappa shape index (κ3) is 3.57. The lowest BCUT2D eigenvalue weighted by molar-refractivity contribution is -0.136. The molecule has 4 nitrogen and oxygen atoms in total. The van der Waals surface area contributed by atoms with Crippen molar-refractivity contribution in [3.8, 4) is 0 Å². The molecule has 1 aromatic rings. The van der Waals surface area contributed by atoms with Gasteiger partial charge in [0.1, 0.15) is 0 Å². The van der Waals surface area contributed by atoms with E-state index in [1.807, 2.05) is 0 Å². The molecule has 0 aliphatic rings. The van der Waals surface area contributed by atoms with E-state index in [0.29, 0.717) is 11.1 Å². The summed E-state index contributed by atoms with van der Waals surface area (Å²) in [6, 6.07) is 6.49. The molecule has 0 heterocycles. The molecule has 1 rings (SSSR count). The van der Waals surface area contributed by atoms with E-state index < -0.39 is 5.97 Å². The van der Waals surface area contributed by atoms with Crippen molar-refractivity contribution in [3.63, 3.8) is 0 Å². The maximum atomic E-state index is 11.5. The van der Waals surface area contributed by atoms with Gasteiger partial charge in [0.05, 0.1) is 6.42 Å². The van der Waals surface area contributed by atoms with Crippen molar-refractivity contribution < 1.29 is 14.7 Å². The first-order valence-electron chi connectivity index (χ1n) is 4.86. The van der Waals surface area contributed by atoms with Crippen molar-refractivity contribution in [2.24, 2.45) is 0 Å². The summed E-state index contributed by atoms with van der Waals surface area (Å²) in [5.74, 6) is -1.09. The highest BCUT2D eigenvalue weighted by molar-refractivity contribution is 5.94. The maximum Gasteiger partial charge on any atom is 0.307 e. The molecule has 0 aliphatic heterocycles. The summed E-state index contributed by atoms with van der Waals surface area (Å²) >= 11 is 0. The topological polar surface area (TPSA) is 66.4 Å². The fraction of sp³-hybridized carbons (Fsp3) is 0.167. The number of carbonyl (C=O) groups is 2. The highest BCUT2D eigenvalue weighted by Crippen LogP contribution is 2.05. The SMILES string of the molecule is C/C=C/NC(=O)c1ccc(CC(=O)O)cc1. The normalized spacial score (nSPS) is 10.3. The van der Waals surface area contributed by atoms with Crippen LogP contribution < -0.4 is 5.32 Å². The van der Waals surface area contributed by atoms with Crippen molar-refractivity contribution in [1.82, 2.24) is 5.32 Å². The van der Waals surface area contributed by atoms with Crippen LogP contribution in [0.2, 0.25) is 0 Å². The minimum absolute atomic E-state index is 0.0310. The summed E-state index contributed by atoms with van der Waals surface area (Å²) in [5, 5.41) is 11.1. The molecular weight excluding hydrogens is 206 g/mol. The van der Waals surface area contributed by atoms with Crippen LogP contribution >= 0.6 is 0 Å². The largest absolute Gasteiger partial charge is 0.481 e. The number of rotatable bonds is 4. The lowest BCUT2D eigenvalue weighted by Gasteiger charge is -2.01. The zero-order valence-corrected chi connectivity index (χ0v) is 8.93. The van der Waals surface area contributed by atoms with E-state index in [1.54, 1.807) is 43.5 Å². The molecule has 0 aromatic heterocycles. The number of hydrogen-bond donors (Lipinski definition) is 2. The lowest BCUT2D eigenvalue weighted by atomic mass is 10.1. The molecule has 0 fully saturated rings. The van der Waals surface area contributed by atoms with E-state index in [-0.39, 0.29) is 12.3 Å². The summed E-state index contributed by atoms with van der Waals surface area (Å²) in [4.78, 5) is 21.9. The van der Waals surface area contributed by atoms with Gasteiger partial charge in [0, 0.05) is 5.56 Å². The molecule has 2 N–H and O–H groups in total. The number of hydrogen-bond acceptors (Lipinski definition) is 2. The Morgan fingerprint density at radius 1 is 1.31 bits per heavy atom. The smallest absolute Gasteiger partial charge is 0.307 e. The molecular formula is C12H13NO3. The van der Waals surface area contributed by atoms with E-state index in [1.165, 1.54) is 0 Å². The molecule has 0 radical (unpaired) electrons. The van der Waals surface area contributed by atoms with E-state index in [9.17, 15) is 9.59 Å². The standard InChI is InChI=1S/C12H13NO3/c1-2-7-13-12(16)10-5-3-9(4-6-10)8-11(14)15/h2-7H,8H2,1H3,(H,13,16)(H,14,15)/b7-2+. The highest BCUT2D eigenvalue weighted by Gasteiger charge is 2.04. The Kier molecular flexibility index (Phi) is 4.27. The second-order valence-corrected chi connectivity index (χ2v) is 3.24. The van der Waals surface area contributed by atoms with Crippen molar-refractivity contribution in [1.29, 1.82) is 0 Å². The number of nitrogens with one attached hydrogen (secondary N) is 1. The number of amides is 1. The predicted molar refractivity (Wildman–Crippen MR) is 60.1 cm³/mol. The average Bonchev–Trinajstić information content (AvgIpc) is 2.26. The van der Waals surface area contributed by atoms with Crippen molar-refractivity contribution in [2.75, 3.05) is 0 Å². The van der Waals surface area contributed by atoms with Gasteiger partial charge in [-0.3, -0.25) is 9.59 Å². The van der Waals surface area contributed by atoms with Gasteiger partial charge in [-0.05, 0) is 30.8 Å². The van der Waals surface area contributed by atoms with Gasteiger partial charge in [-0.2, -0.15) is 0 Å². The Balaban J connectivity index is 2.70. The number of carboxylic acid groups (broad SMARTS) is 1. The van der Waals surface area contributed by atoms with E-state index in [2.05, 4.69) is 5.32 Å². The molecule has 0 unspecified atom stereocenters. The molecule has 0 saturated heterocycles. The third-order valence-electron chi connectivity index (χ3n) is 1.95. The fourth-order valence-corrected chi connectivity index (χ4v) is 1.19. The zero-order chi connectivity index (χ0) is 12.0. The highest BCUT2D eigenvalue weighted by atomic mass is 16.4. The van der Waals surface area contributed by atoms with Crippen LogP contribution in [-0.2, 0) is 11.2 Å². The van der Waals surface area contributed by atoms with Crippen molar-refractivity contribution in [3.05, 3.63) is 47.7 Å². The first-order chi connectivity index (χ1) is 7.63. The molecule has 0 spiro atoms. The van der Waals surface area contributed by atoms with Crippen LogP contribution in [0.3, 0.4) is 0 Å². The first kappa shape index (κ1) is 12.0. The molecule has 0 aliphatic carbocycles. The van der Waals surface area contributed by atoms with E-state index >= 15 is 0 Å². The summed E-state index contributed by atoms with van der Waals surface area (Å²) in [6.07, 6.45) is 3.24. The Labute approximate surface area is 93.6 Å². The Hall–Kier alpha value is -2.10. The van der Waals surface area contributed by atoms with Gasteiger partial charge in [0.2, 0.25) is 0 Å². The first-order valence-corrected chi connectivity index (χ1v) is 4.86. The molecule has 0 bridgehead atoms. The van der Waals surface area contributed by atoms with Crippen LogP contribution in [0.15, 0.2) is 36.5 Å².